The average molecular weight is 387 g/mol. The van der Waals surface area contributed by atoms with Gasteiger partial charge in [-0.3, -0.25) is 9.59 Å². The maximum Gasteiger partial charge on any atom is 0.262 e. The van der Waals surface area contributed by atoms with E-state index in [-0.39, 0.29) is 23.7 Å². The summed E-state index contributed by atoms with van der Waals surface area (Å²) in [6, 6.07) is 25.0. The third kappa shape index (κ3) is 5.11. The fourth-order valence-corrected chi connectivity index (χ4v) is 3.15. The number of amides is 1. The molecule has 4 nitrogen and oxygen atoms in total. The number of nitrogens with one attached hydrogen (secondary N) is 1. The first-order chi connectivity index (χ1) is 13.9. The van der Waals surface area contributed by atoms with E-state index in [9.17, 15) is 9.59 Å². The SMILES string of the molecule is CC(=O)c1cccc(NC(=O)COc2ccc(C(C)(C)c3ccccc3)cc2)c1. The van der Waals surface area contributed by atoms with Crippen LogP contribution < -0.4 is 10.1 Å². The Kier molecular flexibility index (Phi) is 6.13. The van der Waals surface area contributed by atoms with Crippen LogP contribution in [0.25, 0.3) is 0 Å². The van der Waals surface area contributed by atoms with Crippen LogP contribution in [0.3, 0.4) is 0 Å². The lowest BCUT2D eigenvalue weighted by molar-refractivity contribution is -0.118. The normalized spacial score (nSPS) is 11.0. The second-order valence-electron chi connectivity index (χ2n) is 7.49. The molecular formula is C25H25NO3. The Bertz CT molecular complexity index is 992. The van der Waals surface area contributed by atoms with Crippen molar-refractivity contribution in [1.82, 2.24) is 0 Å². The molecule has 0 unspecified atom stereocenters. The third-order valence-electron chi connectivity index (χ3n) is 4.99. The van der Waals surface area contributed by atoms with Crippen molar-refractivity contribution in [1.29, 1.82) is 0 Å². The molecule has 1 N–H and O–H groups in total. The quantitative estimate of drug-likeness (QED) is 0.565. The molecule has 0 aliphatic rings. The molecule has 148 valence electrons. The van der Waals surface area contributed by atoms with Gasteiger partial charge < -0.3 is 10.1 Å². The summed E-state index contributed by atoms with van der Waals surface area (Å²) in [5.74, 6) is 0.306. The van der Waals surface area contributed by atoms with Gasteiger partial charge in [0.15, 0.2) is 12.4 Å². The smallest absolute Gasteiger partial charge is 0.262 e. The van der Waals surface area contributed by atoms with Crippen LogP contribution in [0.15, 0.2) is 78.9 Å². The highest BCUT2D eigenvalue weighted by Crippen LogP contribution is 2.32. The number of Topliss-reactive ketones (excluding diaryl/α,β-unsaturated/α-hetero) is 1. The van der Waals surface area contributed by atoms with Crippen LogP contribution in [0.2, 0.25) is 0 Å². The van der Waals surface area contributed by atoms with Gasteiger partial charge >= 0.3 is 0 Å². The van der Waals surface area contributed by atoms with E-state index in [4.69, 9.17) is 4.74 Å². The van der Waals surface area contributed by atoms with E-state index >= 15 is 0 Å². The minimum atomic E-state index is -0.278. The predicted molar refractivity (Wildman–Crippen MR) is 116 cm³/mol. The van der Waals surface area contributed by atoms with Crippen molar-refractivity contribution in [2.24, 2.45) is 0 Å². The monoisotopic (exact) mass is 387 g/mol. The third-order valence-corrected chi connectivity index (χ3v) is 4.99. The molecule has 0 saturated heterocycles. The number of carbonyl (C=O) groups is 2. The molecule has 0 aliphatic heterocycles. The Hall–Kier alpha value is -3.40. The molecule has 0 spiro atoms. The summed E-state index contributed by atoms with van der Waals surface area (Å²) >= 11 is 0. The molecule has 3 aromatic carbocycles. The van der Waals surface area contributed by atoms with Crippen molar-refractivity contribution < 1.29 is 14.3 Å². The molecule has 0 aromatic heterocycles. The molecule has 0 fully saturated rings. The van der Waals surface area contributed by atoms with Gasteiger partial charge in [0, 0.05) is 16.7 Å². The summed E-state index contributed by atoms with van der Waals surface area (Å²) in [5.41, 5.74) is 3.41. The van der Waals surface area contributed by atoms with E-state index in [1.807, 2.05) is 42.5 Å². The first-order valence-corrected chi connectivity index (χ1v) is 9.56. The van der Waals surface area contributed by atoms with Crippen molar-refractivity contribution in [2.45, 2.75) is 26.2 Å². The standard InChI is InChI=1S/C25H25NO3/c1-18(27)19-8-7-11-22(16-19)26-24(28)17-29-23-14-12-21(13-15-23)25(2,3)20-9-5-4-6-10-20/h4-16H,17H2,1-3H3,(H,26,28). The Labute approximate surface area is 171 Å². The summed E-state index contributed by atoms with van der Waals surface area (Å²) in [7, 11) is 0. The minimum Gasteiger partial charge on any atom is -0.484 e. The number of hydrogen-bond donors (Lipinski definition) is 1. The fraction of sp³-hybridized carbons (Fsp3) is 0.200. The Balaban J connectivity index is 1.59. The topological polar surface area (TPSA) is 55.4 Å². The lowest BCUT2D eigenvalue weighted by atomic mass is 9.78. The molecule has 0 aliphatic carbocycles. The van der Waals surface area contributed by atoms with Crippen molar-refractivity contribution in [3.05, 3.63) is 95.6 Å². The Morgan fingerprint density at radius 3 is 2.17 bits per heavy atom. The molecule has 0 atom stereocenters. The van der Waals surface area contributed by atoms with E-state index in [0.29, 0.717) is 17.0 Å². The van der Waals surface area contributed by atoms with Crippen LogP contribution in [0.5, 0.6) is 5.75 Å². The largest absolute Gasteiger partial charge is 0.484 e. The zero-order valence-electron chi connectivity index (χ0n) is 16.9. The molecule has 29 heavy (non-hydrogen) atoms. The first-order valence-electron chi connectivity index (χ1n) is 9.56. The van der Waals surface area contributed by atoms with Gasteiger partial charge in [0.1, 0.15) is 5.75 Å². The van der Waals surface area contributed by atoms with E-state index in [1.165, 1.54) is 18.1 Å². The molecule has 0 radical (unpaired) electrons. The maximum absolute atomic E-state index is 12.2. The van der Waals surface area contributed by atoms with Crippen LogP contribution in [0.4, 0.5) is 5.69 Å². The summed E-state index contributed by atoms with van der Waals surface area (Å²) in [6.45, 7) is 5.75. The van der Waals surface area contributed by atoms with Crippen LogP contribution in [-0.2, 0) is 10.2 Å². The van der Waals surface area contributed by atoms with E-state index in [2.05, 4.69) is 31.3 Å². The van der Waals surface area contributed by atoms with Crippen molar-refractivity contribution >= 4 is 17.4 Å². The zero-order chi connectivity index (χ0) is 20.9. The number of rotatable bonds is 7. The molecule has 1 amide bonds. The zero-order valence-corrected chi connectivity index (χ0v) is 16.9. The van der Waals surface area contributed by atoms with Crippen LogP contribution >= 0.6 is 0 Å². The van der Waals surface area contributed by atoms with Crippen LogP contribution in [0, 0.1) is 0 Å². The lowest BCUT2D eigenvalue weighted by Gasteiger charge is -2.26. The Morgan fingerprint density at radius 1 is 0.862 bits per heavy atom. The van der Waals surface area contributed by atoms with Crippen LogP contribution in [-0.4, -0.2) is 18.3 Å². The van der Waals surface area contributed by atoms with E-state index in [0.717, 1.165) is 0 Å². The van der Waals surface area contributed by atoms with Gasteiger partial charge in [-0.25, -0.2) is 0 Å². The fourth-order valence-electron chi connectivity index (χ4n) is 3.15. The van der Waals surface area contributed by atoms with Crippen molar-refractivity contribution in [2.75, 3.05) is 11.9 Å². The van der Waals surface area contributed by atoms with Crippen LogP contribution in [0.1, 0.15) is 42.3 Å². The number of anilines is 1. The maximum atomic E-state index is 12.2. The highest BCUT2D eigenvalue weighted by atomic mass is 16.5. The molecule has 3 aromatic rings. The van der Waals surface area contributed by atoms with Gasteiger partial charge in [0.25, 0.3) is 5.91 Å². The second-order valence-corrected chi connectivity index (χ2v) is 7.49. The first kappa shape index (κ1) is 20.3. The summed E-state index contributed by atoms with van der Waals surface area (Å²) in [6.07, 6.45) is 0. The van der Waals surface area contributed by atoms with Gasteiger partial charge in [-0.05, 0) is 42.3 Å². The lowest BCUT2D eigenvalue weighted by Crippen LogP contribution is -2.21. The predicted octanol–water partition coefficient (Wildman–Crippen LogP) is 5.23. The molecule has 0 saturated carbocycles. The Morgan fingerprint density at radius 2 is 1.52 bits per heavy atom. The molecule has 0 bridgehead atoms. The number of hydrogen-bond acceptors (Lipinski definition) is 3. The van der Waals surface area contributed by atoms with Gasteiger partial charge in [-0.1, -0.05) is 68.4 Å². The highest BCUT2D eigenvalue weighted by molar-refractivity contribution is 5.97. The number of ether oxygens (including phenoxy) is 1. The highest BCUT2D eigenvalue weighted by Gasteiger charge is 2.22. The summed E-state index contributed by atoms with van der Waals surface area (Å²) in [5, 5.41) is 2.75. The summed E-state index contributed by atoms with van der Waals surface area (Å²) < 4.78 is 5.61. The van der Waals surface area contributed by atoms with Gasteiger partial charge in [0.05, 0.1) is 0 Å². The van der Waals surface area contributed by atoms with Gasteiger partial charge in [-0.2, -0.15) is 0 Å². The van der Waals surface area contributed by atoms with Crippen molar-refractivity contribution in [3.8, 4) is 5.75 Å². The van der Waals surface area contributed by atoms with E-state index < -0.39 is 0 Å². The van der Waals surface area contributed by atoms with Crippen molar-refractivity contribution in [3.63, 3.8) is 0 Å². The number of carbonyl (C=O) groups excluding carboxylic acids is 2. The number of ketones is 1. The minimum absolute atomic E-state index is 0.0455. The molecule has 4 heteroatoms. The second kappa shape index (κ2) is 8.74. The molecule has 3 rings (SSSR count). The van der Waals surface area contributed by atoms with E-state index in [1.54, 1.807) is 24.3 Å². The number of benzene rings is 3. The molecular weight excluding hydrogens is 362 g/mol. The average Bonchev–Trinajstić information content (AvgIpc) is 2.73. The molecule has 0 heterocycles. The van der Waals surface area contributed by atoms with Gasteiger partial charge in [-0.15, -0.1) is 0 Å². The van der Waals surface area contributed by atoms with Gasteiger partial charge in [0.2, 0.25) is 0 Å². The summed E-state index contributed by atoms with van der Waals surface area (Å²) in [4.78, 5) is 23.6.